The molecule has 1 unspecified atom stereocenters. The Bertz CT molecular complexity index is 670. The molecular formula is C14H10ClF4NO. The van der Waals surface area contributed by atoms with Crippen molar-refractivity contribution >= 4 is 11.6 Å². The van der Waals surface area contributed by atoms with Gasteiger partial charge < -0.3 is 5.11 Å². The van der Waals surface area contributed by atoms with E-state index in [1.807, 2.05) is 0 Å². The zero-order valence-corrected chi connectivity index (χ0v) is 11.5. The van der Waals surface area contributed by atoms with E-state index >= 15 is 0 Å². The van der Waals surface area contributed by atoms with Crippen LogP contribution in [0.25, 0.3) is 0 Å². The van der Waals surface area contributed by atoms with Crippen LogP contribution in [0.5, 0.6) is 0 Å². The van der Waals surface area contributed by atoms with E-state index in [0.717, 1.165) is 18.2 Å². The summed E-state index contributed by atoms with van der Waals surface area (Å²) in [6, 6.07) is 6.83. The van der Waals surface area contributed by atoms with Gasteiger partial charge in [-0.05, 0) is 30.7 Å². The summed E-state index contributed by atoms with van der Waals surface area (Å²) in [5.74, 6) is -0.580. The van der Waals surface area contributed by atoms with Gasteiger partial charge in [0.1, 0.15) is 22.3 Å². The van der Waals surface area contributed by atoms with Gasteiger partial charge in [-0.2, -0.15) is 13.2 Å². The molecule has 1 N–H and O–H groups in total. The molecule has 7 heteroatoms. The SMILES string of the molecule is CC(O)(c1cccc(F)c1)c1ccc(C(F)(F)F)nc1Cl. The van der Waals surface area contributed by atoms with Crippen LogP contribution < -0.4 is 0 Å². The number of aliphatic hydroxyl groups is 1. The molecule has 1 aromatic heterocycles. The molecule has 1 atom stereocenters. The van der Waals surface area contributed by atoms with E-state index in [4.69, 9.17) is 11.6 Å². The van der Waals surface area contributed by atoms with Gasteiger partial charge in [0.2, 0.25) is 0 Å². The van der Waals surface area contributed by atoms with Crippen molar-refractivity contribution in [1.82, 2.24) is 4.98 Å². The van der Waals surface area contributed by atoms with Gasteiger partial charge in [-0.25, -0.2) is 9.37 Å². The largest absolute Gasteiger partial charge is 0.433 e. The molecule has 1 aromatic carbocycles. The number of aromatic nitrogens is 1. The quantitative estimate of drug-likeness (QED) is 0.666. The molecule has 0 fully saturated rings. The first-order valence-electron chi connectivity index (χ1n) is 5.85. The predicted octanol–water partition coefficient (Wildman–Crippen LogP) is 4.15. The smallest absolute Gasteiger partial charge is 0.381 e. The Morgan fingerprint density at radius 1 is 1.14 bits per heavy atom. The summed E-state index contributed by atoms with van der Waals surface area (Å²) >= 11 is 5.74. The van der Waals surface area contributed by atoms with Gasteiger partial charge in [0.15, 0.2) is 0 Å². The average molecular weight is 320 g/mol. The number of benzene rings is 1. The first-order chi connectivity index (χ1) is 9.62. The highest BCUT2D eigenvalue weighted by Gasteiger charge is 2.35. The lowest BCUT2D eigenvalue weighted by Crippen LogP contribution is -2.24. The molecule has 0 aliphatic heterocycles. The van der Waals surface area contributed by atoms with Crippen molar-refractivity contribution in [2.75, 3.05) is 0 Å². The molecule has 2 aromatic rings. The van der Waals surface area contributed by atoms with Crippen LogP contribution in [0.1, 0.15) is 23.7 Å². The van der Waals surface area contributed by atoms with Gasteiger partial charge in [0, 0.05) is 5.56 Å². The molecule has 0 aliphatic rings. The molecule has 112 valence electrons. The molecule has 0 aliphatic carbocycles. The maximum absolute atomic E-state index is 13.2. The molecule has 0 radical (unpaired) electrons. The summed E-state index contributed by atoms with van der Waals surface area (Å²) in [5.41, 5.74) is -2.81. The highest BCUT2D eigenvalue weighted by atomic mass is 35.5. The third kappa shape index (κ3) is 3.16. The summed E-state index contributed by atoms with van der Waals surface area (Å²) in [4.78, 5) is 3.25. The fraction of sp³-hybridized carbons (Fsp3) is 0.214. The Hall–Kier alpha value is -1.66. The van der Waals surface area contributed by atoms with Crippen LogP contribution in [0.3, 0.4) is 0 Å². The van der Waals surface area contributed by atoms with Crippen molar-refractivity contribution in [2.45, 2.75) is 18.7 Å². The second-order valence-electron chi connectivity index (χ2n) is 4.62. The molecule has 0 amide bonds. The van der Waals surface area contributed by atoms with Crippen LogP contribution in [0, 0.1) is 5.82 Å². The van der Waals surface area contributed by atoms with Gasteiger partial charge in [0.05, 0.1) is 0 Å². The van der Waals surface area contributed by atoms with E-state index in [-0.39, 0.29) is 11.1 Å². The van der Waals surface area contributed by atoms with Crippen LogP contribution in [0.15, 0.2) is 36.4 Å². The lowest BCUT2D eigenvalue weighted by Gasteiger charge is -2.25. The van der Waals surface area contributed by atoms with Crippen LogP contribution in [0.2, 0.25) is 5.15 Å². The second-order valence-corrected chi connectivity index (χ2v) is 4.97. The van der Waals surface area contributed by atoms with Gasteiger partial charge in [-0.3, -0.25) is 0 Å². The third-order valence-electron chi connectivity index (χ3n) is 3.05. The summed E-state index contributed by atoms with van der Waals surface area (Å²) in [7, 11) is 0. The van der Waals surface area contributed by atoms with Crippen LogP contribution in [-0.4, -0.2) is 10.1 Å². The Balaban J connectivity index is 2.50. The van der Waals surface area contributed by atoms with Gasteiger partial charge >= 0.3 is 6.18 Å². The van der Waals surface area contributed by atoms with E-state index in [9.17, 15) is 22.7 Å². The predicted molar refractivity (Wildman–Crippen MR) is 69.3 cm³/mol. The maximum atomic E-state index is 13.2. The average Bonchev–Trinajstić information content (AvgIpc) is 2.37. The molecule has 2 nitrogen and oxygen atoms in total. The van der Waals surface area contributed by atoms with Crippen molar-refractivity contribution in [3.8, 4) is 0 Å². The summed E-state index contributed by atoms with van der Waals surface area (Å²) in [6.07, 6.45) is -4.63. The van der Waals surface area contributed by atoms with Crippen molar-refractivity contribution in [2.24, 2.45) is 0 Å². The number of alkyl halides is 3. The molecule has 0 spiro atoms. The van der Waals surface area contributed by atoms with E-state index in [2.05, 4.69) is 4.98 Å². The van der Waals surface area contributed by atoms with Crippen LogP contribution in [-0.2, 0) is 11.8 Å². The van der Waals surface area contributed by atoms with Gasteiger partial charge in [-0.15, -0.1) is 0 Å². The van der Waals surface area contributed by atoms with Crippen LogP contribution in [0.4, 0.5) is 17.6 Å². The standard InChI is InChI=1S/C14H10ClF4NO/c1-13(21,8-3-2-4-9(16)7-8)10-5-6-11(14(17,18)19)20-12(10)15/h2-7,21H,1H3. The number of nitrogens with zero attached hydrogens (tertiary/aromatic N) is 1. The summed E-state index contributed by atoms with van der Waals surface area (Å²) < 4.78 is 50.8. The topological polar surface area (TPSA) is 33.1 Å². The van der Waals surface area contributed by atoms with Crippen molar-refractivity contribution in [3.63, 3.8) is 0 Å². The van der Waals surface area contributed by atoms with Crippen LogP contribution >= 0.6 is 11.6 Å². The molecule has 0 bridgehead atoms. The Morgan fingerprint density at radius 2 is 1.81 bits per heavy atom. The highest BCUT2D eigenvalue weighted by molar-refractivity contribution is 6.30. The zero-order chi connectivity index (χ0) is 15.8. The van der Waals surface area contributed by atoms with E-state index in [1.165, 1.54) is 25.1 Å². The number of rotatable bonds is 2. The first-order valence-corrected chi connectivity index (χ1v) is 6.23. The van der Waals surface area contributed by atoms with Gasteiger partial charge in [-0.1, -0.05) is 29.8 Å². The highest BCUT2D eigenvalue weighted by Crippen LogP contribution is 2.36. The van der Waals surface area contributed by atoms with E-state index in [0.29, 0.717) is 0 Å². The number of halogens is 5. The van der Waals surface area contributed by atoms with Crippen molar-refractivity contribution in [3.05, 3.63) is 64.2 Å². The summed E-state index contributed by atoms with van der Waals surface area (Å²) in [5, 5.41) is 10.00. The Labute approximate surface area is 123 Å². The lowest BCUT2D eigenvalue weighted by molar-refractivity contribution is -0.141. The van der Waals surface area contributed by atoms with Gasteiger partial charge in [0.25, 0.3) is 0 Å². The van der Waals surface area contributed by atoms with E-state index in [1.54, 1.807) is 0 Å². The number of hydrogen-bond acceptors (Lipinski definition) is 2. The number of hydrogen-bond donors (Lipinski definition) is 1. The summed E-state index contributed by atoms with van der Waals surface area (Å²) in [6.45, 7) is 1.30. The van der Waals surface area contributed by atoms with E-state index < -0.39 is 28.4 Å². The monoisotopic (exact) mass is 319 g/mol. The van der Waals surface area contributed by atoms with Crippen molar-refractivity contribution < 1.29 is 22.7 Å². The minimum absolute atomic E-state index is 0.0391. The van der Waals surface area contributed by atoms with Crippen molar-refractivity contribution in [1.29, 1.82) is 0 Å². The zero-order valence-electron chi connectivity index (χ0n) is 10.7. The number of pyridine rings is 1. The lowest BCUT2D eigenvalue weighted by atomic mass is 9.89. The minimum Gasteiger partial charge on any atom is -0.381 e. The second kappa shape index (κ2) is 5.27. The molecule has 2 rings (SSSR count). The minimum atomic E-state index is -4.63. The molecular weight excluding hydrogens is 310 g/mol. The fourth-order valence-electron chi connectivity index (χ4n) is 1.90. The molecule has 1 heterocycles. The Morgan fingerprint density at radius 3 is 2.33 bits per heavy atom. The maximum Gasteiger partial charge on any atom is 0.433 e. The molecule has 0 saturated heterocycles. The molecule has 0 saturated carbocycles. The fourth-order valence-corrected chi connectivity index (χ4v) is 2.24. The Kier molecular flexibility index (Phi) is 3.95. The third-order valence-corrected chi connectivity index (χ3v) is 3.34. The molecule has 21 heavy (non-hydrogen) atoms. The first kappa shape index (κ1) is 15.7. The normalized spacial score (nSPS) is 14.8.